The molecule has 1 saturated carbocycles. The van der Waals surface area contributed by atoms with Crippen LogP contribution in [0.5, 0.6) is 5.75 Å². The number of benzene rings is 1. The Morgan fingerprint density at radius 1 is 1.13 bits per heavy atom. The lowest BCUT2D eigenvalue weighted by Crippen LogP contribution is -2.55. The second-order valence-electron chi connectivity index (χ2n) is 11.1. The summed E-state index contributed by atoms with van der Waals surface area (Å²) in [6, 6.07) is 6.05. The van der Waals surface area contributed by atoms with E-state index in [0.717, 1.165) is 67.9 Å². The first kappa shape index (κ1) is 27.2. The second-order valence-corrected chi connectivity index (χ2v) is 11.1. The van der Waals surface area contributed by atoms with Crippen molar-refractivity contribution in [3.63, 3.8) is 0 Å². The fourth-order valence-electron chi connectivity index (χ4n) is 6.13. The maximum Gasteiger partial charge on any atom is 0.249 e. The first-order chi connectivity index (χ1) is 18.9. The van der Waals surface area contributed by atoms with Crippen molar-refractivity contribution >= 4 is 35.0 Å². The molecule has 1 atom stereocenters. The summed E-state index contributed by atoms with van der Waals surface area (Å²) in [5.74, 6) is 1.99. The fourth-order valence-corrected chi connectivity index (χ4v) is 6.13. The van der Waals surface area contributed by atoms with Gasteiger partial charge < -0.3 is 30.1 Å². The van der Waals surface area contributed by atoms with Crippen molar-refractivity contribution in [2.75, 3.05) is 49.4 Å². The molecule has 1 aromatic heterocycles. The number of likely N-dealkylation sites (tertiary alicyclic amines) is 1. The highest BCUT2D eigenvalue weighted by atomic mass is 16.5. The van der Waals surface area contributed by atoms with Gasteiger partial charge in [0.1, 0.15) is 17.5 Å². The van der Waals surface area contributed by atoms with E-state index in [0.29, 0.717) is 24.2 Å². The molecule has 2 aromatic rings. The first-order valence-electron chi connectivity index (χ1n) is 14.2. The molecular weight excluding hydrogens is 494 g/mol. The molecule has 5 rings (SSSR count). The lowest BCUT2D eigenvalue weighted by atomic mass is 10.0. The summed E-state index contributed by atoms with van der Waals surface area (Å²) in [4.78, 5) is 41.5. The second kappa shape index (κ2) is 11.8. The van der Waals surface area contributed by atoms with E-state index in [-0.39, 0.29) is 23.9 Å². The standard InChI is InChI=1S/C29H41N7O3/c1-5-23-28(38)35(3)24-18-30-29(33-27(24)36(23)21-8-6-7-9-21)32-22-11-10-19(16-25(22)39-4)17-26(37)31-20-12-14-34(2)15-13-20/h10-11,16,18,20-21,23H,5-9,12-15,17H2,1-4H3,(H,31,37)(H,30,32,33). The molecule has 210 valence electrons. The Hall–Kier alpha value is -3.40. The van der Waals surface area contributed by atoms with E-state index < -0.39 is 0 Å². The van der Waals surface area contributed by atoms with Crippen LogP contribution in [0.1, 0.15) is 57.4 Å². The minimum absolute atomic E-state index is 0.0292. The van der Waals surface area contributed by atoms with Crippen LogP contribution in [0, 0.1) is 0 Å². The van der Waals surface area contributed by atoms with Crippen LogP contribution in [0.25, 0.3) is 0 Å². The zero-order valence-corrected chi connectivity index (χ0v) is 23.6. The number of carbonyl (C=O) groups is 2. The summed E-state index contributed by atoms with van der Waals surface area (Å²) in [5, 5.41) is 6.49. The molecule has 2 fully saturated rings. The van der Waals surface area contributed by atoms with Gasteiger partial charge in [0.25, 0.3) is 0 Å². The quantitative estimate of drug-likeness (QED) is 0.530. The number of aromatic nitrogens is 2. The van der Waals surface area contributed by atoms with E-state index >= 15 is 0 Å². The highest BCUT2D eigenvalue weighted by Gasteiger charge is 2.41. The van der Waals surface area contributed by atoms with Crippen LogP contribution in [0.3, 0.4) is 0 Å². The number of piperidine rings is 1. The number of anilines is 4. The molecule has 2 amide bonds. The molecule has 39 heavy (non-hydrogen) atoms. The van der Waals surface area contributed by atoms with Gasteiger partial charge >= 0.3 is 0 Å². The van der Waals surface area contributed by atoms with Crippen LogP contribution >= 0.6 is 0 Å². The molecule has 1 aromatic carbocycles. The van der Waals surface area contributed by atoms with E-state index in [9.17, 15) is 9.59 Å². The molecule has 10 nitrogen and oxygen atoms in total. The molecule has 3 aliphatic rings. The van der Waals surface area contributed by atoms with Crippen molar-refractivity contribution in [3.05, 3.63) is 30.0 Å². The predicted molar refractivity (Wildman–Crippen MR) is 153 cm³/mol. The average Bonchev–Trinajstić information content (AvgIpc) is 3.47. The average molecular weight is 536 g/mol. The first-order valence-corrected chi connectivity index (χ1v) is 14.2. The summed E-state index contributed by atoms with van der Waals surface area (Å²) in [6.45, 7) is 4.08. The number of nitrogens with zero attached hydrogens (tertiary/aromatic N) is 5. The number of nitrogens with one attached hydrogen (secondary N) is 2. The van der Waals surface area contributed by atoms with E-state index in [1.54, 1.807) is 25.3 Å². The maximum atomic E-state index is 13.1. The van der Waals surface area contributed by atoms with Crippen LogP contribution in [0.2, 0.25) is 0 Å². The molecule has 0 radical (unpaired) electrons. The number of ether oxygens (including phenoxy) is 1. The van der Waals surface area contributed by atoms with Gasteiger partial charge in [0.05, 0.1) is 25.4 Å². The van der Waals surface area contributed by atoms with Crippen molar-refractivity contribution in [2.24, 2.45) is 0 Å². The Kier molecular flexibility index (Phi) is 8.20. The third-order valence-corrected chi connectivity index (χ3v) is 8.37. The Morgan fingerprint density at radius 3 is 2.56 bits per heavy atom. The Balaban J connectivity index is 1.33. The topological polar surface area (TPSA) is 103 Å². The number of hydrogen-bond acceptors (Lipinski definition) is 8. The van der Waals surface area contributed by atoms with Crippen molar-refractivity contribution in [1.29, 1.82) is 0 Å². The molecule has 2 N–H and O–H groups in total. The van der Waals surface area contributed by atoms with Crippen molar-refractivity contribution in [3.8, 4) is 5.75 Å². The minimum Gasteiger partial charge on any atom is -0.495 e. The van der Waals surface area contributed by atoms with Crippen LogP contribution in [-0.4, -0.2) is 79.1 Å². The number of hydrogen-bond donors (Lipinski definition) is 2. The van der Waals surface area contributed by atoms with E-state index in [2.05, 4.69) is 39.4 Å². The van der Waals surface area contributed by atoms with Crippen LogP contribution in [0.15, 0.2) is 24.4 Å². The lowest BCUT2D eigenvalue weighted by Gasteiger charge is -2.43. The largest absolute Gasteiger partial charge is 0.495 e. The van der Waals surface area contributed by atoms with Gasteiger partial charge in [-0.05, 0) is 69.9 Å². The van der Waals surface area contributed by atoms with Gasteiger partial charge in [0.15, 0.2) is 5.82 Å². The zero-order valence-electron chi connectivity index (χ0n) is 23.6. The fraction of sp³-hybridized carbons (Fsp3) is 0.586. The normalized spacial score (nSPS) is 20.7. The Morgan fingerprint density at radius 2 is 1.87 bits per heavy atom. The summed E-state index contributed by atoms with van der Waals surface area (Å²) >= 11 is 0. The highest BCUT2D eigenvalue weighted by Crippen LogP contribution is 2.40. The van der Waals surface area contributed by atoms with Gasteiger partial charge in [-0.3, -0.25) is 9.59 Å². The SMILES string of the molecule is CCC1C(=O)N(C)c2cnc(Nc3ccc(CC(=O)NC4CCN(C)CC4)cc3OC)nc2N1C1CCCC1. The minimum atomic E-state index is -0.220. The predicted octanol–water partition coefficient (Wildman–Crippen LogP) is 3.49. The van der Waals surface area contributed by atoms with Crippen molar-refractivity contribution < 1.29 is 14.3 Å². The van der Waals surface area contributed by atoms with Crippen LogP contribution in [0.4, 0.5) is 23.1 Å². The Labute approximate surface area is 231 Å². The van der Waals surface area contributed by atoms with E-state index in [4.69, 9.17) is 9.72 Å². The molecule has 3 heterocycles. The lowest BCUT2D eigenvalue weighted by molar-refractivity contribution is -0.121. The monoisotopic (exact) mass is 535 g/mol. The van der Waals surface area contributed by atoms with Gasteiger partial charge in [-0.2, -0.15) is 4.98 Å². The third-order valence-electron chi connectivity index (χ3n) is 8.37. The van der Waals surface area contributed by atoms with Crippen molar-refractivity contribution in [2.45, 2.75) is 76.4 Å². The summed E-state index contributed by atoms with van der Waals surface area (Å²) in [7, 11) is 5.53. The molecule has 0 spiro atoms. The smallest absolute Gasteiger partial charge is 0.249 e. The summed E-state index contributed by atoms with van der Waals surface area (Å²) in [6.07, 6.45) is 9.21. The number of fused-ring (bicyclic) bond motifs is 1. The number of methoxy groups -OCH3 is 1. The number of likely N-dealkylation sites (N-methyl/N-ethyl adjacent to an activating group) is 1. The molecular formula is C29H41N7O3. The number of rotatable bonds is 8. The number of amides is 2. The summed E-state index contributed by atoms with van der Waals surface area (Å²) in [5.41, 5.74) is 2.34. The van der Waals surface area contributed by atoms with Gasteiger partial charge in [0.2, 0.25) is 17.8 Å². The van der Waals surface area contributed by atoms with Crippen LogP contribution in [-0.2, 0) is 16.0 Å². The number of carbonyl (C=O) groups excluding carboxylic acids is 2. The van der Waals surface area contributed by atoms with E-state index in [1.165, 1.54) is 12.8 Å². The van der Waals surface area contributed by atoms with Crippen LogP contribution < -0.4 is 25.2 Å². The summed E-state index contributed by atoms with van der Waals surface area (Å²) < 4.78 is 5.66. The van der Waals surface area contributed by atoms with Gasteiger partial charge in [-0.25, -0.2) is 4.98 Å². The maximum absolute atomic E-state index is 13.1. The molecule has 2 aliphatic heterocycles. The van der Waals surface area contributed by atoms with Gasteiger partial charge in [-0.15, -0.1) is 0 Å². The molecule has 10 heteroatoms. The highest BCUT2D eigenvalue weighted by molar-refractivity contribution is 6.04. The van der Waals surface area contributed by atoms with Gasteiger partial charge in [0, 0.05) is 19.1 Å². The van der Waals surface area contributed by atoms with Gasteiger partial charge in [-0.1, -0.05) is 25.8 Å². The molecule has 1 saturated heterocycles. The van der Waals surface area contributed by atoms with E-state index in [1.807, 2.05) is 18.2 Å². The molecule has 0 bridgehead atoms. The molecule has 1 aliphatic carbocycles. The zero-order chi connectivity index (χ0) is 27.5. The third kappa shape index (κ3) is 5.80. The van der Waals surface area contributed by atoms with Crippen molar-refractivity contribution in [1.82, 2.24) is 20.2 Å². The Bertz CT molecular complexity index is 1190. The molecule has 1 unspecified atom stereocenters.